The maximum absolute atomic E-state index is 4.35. The Hall–Kier alpha value is -9.78. The molecule has 12 aromatic rings. The minimum Gasteiger partial charge on any atom is -0.310 e. The fourth-order valence-corrected chi connectivity index (χ4v) is 9.75. The Morgan fingerprint density at radius 2 is 0.444 bits per heavy atom. The molecule has 0 spiro atoms. The maximum Gasteiger partial charge on any atom is 0.0535 e. The standard InChI is InChI=1S/C66H48N6/c1-5-13-51(14-6-1)63-37-39-65(71(63)55-17-9-3-10-18-55)53-25-33-59(34-26-53)69(61-41-45-67-46-42-61)57-29-21-49(22-30-57)50-23-31-58(32-24-50)70(62-43-47-68-48-44-62)60-35-27-54(28-36-60)66-40-38-64(52-15-7-2-8-16-52)72(66)56-19-11-4-12-20-56/h1-48H. The van der Waals surface area contributed by atoms with Gasteiger partial charge in [-0.1, -0.05) is 146 Å². The molecule has 0 saturated heterocycles. The third-order valence-corrected chi connectivity index (χ3v) is 13.2. The number of hydrogen-bond acceptors (Lipinski definition) is 4. The van der Waals surface area contributed by atoms with E-state index in [9.17, 15) is 0 Å². The highest BCUT2D eigenvalue weighted by Crippen LogP contribution is 2.41. The molecular formula is C66H48N6. The molecular weight excluding hydrogens is 877 g/mol. The van der Waals surface area contributed by atoms with E-state index in [2.05, 4.69) is 296 Å². The third kappa shape index (κ3) is 8.65. The highest BCUT2D eigenvalue weighted by Gasteiger charge is 2.19. The lowest BCUT2D eigenvalue weighted by atomic mass is 10.0. The Labute approximate surface area is 420 Å². The fraction of sp³-hybridized carbons (Fsp3) is 0. The molecule has 4 aromatic heterocycles. The number of benzene rings is 8. The number of aromatic nitrogens is 4. The van der Waals surface area contributed by atoms with Crippen LogP contribution in [0.15, 0.2) is 292 Å². The zero-order chi connectivity index (χ0) is 48.1. The molecule has 0 bridgehead atoms. The molecule has 72 heavy (non-hydrogen) atoms. The number of rotatable bonds is 13. The van der Waals surface area contributed by atoms with E-state index in [4.69, 9.17) is 0 Å². The van der Waals surface area contributed by atoms with Crippen LogP contribution in [0.25, 0.3) is 67.5 Å². The van der Waals surface area contributed by atoms with Crippen molar-refractivity contribution in [1.82, 2.24) is 19.1 Å². The molecule has 0 aliphatic carbocycles. The van der Waals surface area contributed by atoms with Crippen LogP contribution in [0.4, 0.5) is 34.1 Å². The first kappa shape index (κ1) is 43.5. The molecule has 8 aromatic carbocycles. The predicted molar refractivity (Wildman–Crippen MR) is 297 cm³/mol. The number of para-hydroxylation sites is 2. The van der Waals surface area contributed by atoms with Crippen molar-refractivity contribution in [3.05, 3.63) is 292 Å². The molecule has 4 heterocycles. The Balaban J connectivity index is 0.830. The van der Waals surface area contributed by atoms with Gasteiger partial charge in [0.1, 0.15) is 0 Å². The zero-order valence-corrected chi connectivity index (χ0v) is 39.4. The average molecular weight is 925 g/mol. The minimum absolute atomic E-state index is 1.03. The summed E-state index contributed by atoms with van der Waals surface area (Å²) in [5.41, 5.74) is 19.9. The SMILES string of the molecule is c1ccc(-c2ccc(-c3ccc(N(c4ccncc4)c4ccc(-c5ccc(N(c6ccncc6)c6ccc(-c7ccc(-c8ccccc8)n7-c7ccccc7)cc6)cc5)cc4)cc3)n2-c2ccccc2)cc1. The Morgan fingerprint density at radius 1 is 0.208 bits per heavy atom. The van der Waals surface area contributed by atoms with Crippen molar-refractivity contribution < 1.29 is 0 Å². The quantitative estimate of drug-likeness (QED) is 0.116. The Bertz CT molecular complexity index is 3420. The molecule has 0 radical (unpaired) electrons. The molecule has 6 nitrogen and oxygen atoms in total. The second-order valence-electron chi connectivity index (χ2n) is 17.6. The van der Waals surface area contributed by atoms with Crippen LogP contribution < -0.4 is 9.80 Å². The van der Waals surface area contributed by atoms with Crippen molar-refractivity contribution in [2.24, 2.45) is 0 Å². The molecule has 12 rings (SSSR count). The summed E-state index contributed by atoms with van der Waals surface area (Å²) in [4.78, 5) is 13.3. The van der Waals surface area contributed by atoms with E-state index in [1.165, 1.54) is 11.1 Å². The number of hydrogen-bond donors (Lipinski definition) is 0. The van der Waals surface area contributed by atoms with Gasteiger partial charge in [0.05, 0.1) is 22.8 Å². The van der Waals surface area contributed by atoms with Crippen molar-refractivity contribution in [3.63, 3.8) is 0 Å². The van der Waals surface area contributed by atoms with Crippen molar-refractivity contribution in [1.29, 1.82) is 0 Å². The van der Waals surface area contributed by atoms with Crippen LogP contribution in [0.2, 0.25) is 0 Å². The molecule has 0 aliphatic rings. The van der Waals surface area contributed by atoms with Gasteiger partial charge in [-0.25, -0.2) is 0 Å². The lowest BCUT2D eigenvalue weighted by molar-refractivity contribution is 1.09. The molecule has 0 saturated carbocycles. The van der Waals surface area contributed by atoms with Gasteiger partial charge in [0, 0.05) is 70.3 Å². The molecule has 0 fully saturated rings. The van der Waals surface area contributed by atoms with Gasteiger partial charge in [0.25, 0.3) is 0 Å². The van der Waals surface area contributed by atoms with Crippen molar-refractivity contribution in [2.75, 3.05) is 9.80 Å². The normalized spacial score (nSPS) is 11.1. The van der Waals surface area contributed by atoms with Gasteiger partial charge >= 0.3 is 0 Å². The molecule has 6 heteroatoms. The average Bonchev–Trinajstić information content (AvgIpc) is 4.12. The largest absolute Gasteiger partial charge is 0.310 e. The van der Waals surface area contributed by atoms with E-state index in [0.29, 0.717) is 0 Å². The van der Waals surface area contributed by atoms with Gasteiger partial charge in [-0.3, -0.25) is 9.97 Å². The van der Waals surface area contributed by atoms with Gasteiger partial charge in [-0.2, -0.15) is 0 Å². The Kier molecular flexibility index (Phi) is 11.9. The number of nitrogens with zero attached hydrogens (tertiary/aromatic N) is 6. The Morgan fingerprint density at radius 3 is 0.736 bits per heavy atom. The smallest absolute Gasteiger partial charge is 0.0535 e. The predicted octanol–water partition coefficient (Wildman–Crippen LogP) is 17.3. The summed E-state index contributed by atoms with van der Waals surface area (Å²) in [7, 11) is 0. The van der Waals surface area contributed by atoms with Gasteiger partial charge in [-0.15, -0.1) is 0 Å². The molecule has 0 N–H and O–H groups in total. The first-order valence-corrected chi connectivity index (χ1v) is 24.2. The van der Waals surface area contributed by atoms with Crippen LogP contribution in [-0.4, -0.2) is 19.1 Å². The van der Waals surface area contributed by atoms with Gasteiger partial charge in [-0.05, 0) is 155 Å². The number of pyridine rings is 2. The first-order valence-electron chi connectivity index (χ1n) is 24.2. The van der Waals surface area contributed by atoms with E-state index in [0.717, 1.165) is 90.5 Å². The van der Waals surface area contributed by atoms with Crippen molar-refractivity contribution in [2.45, 2.75) is 0 Å². The van der Waals surface area contributed by atoms with Crippen molar-refractivity contribution in [3.8, 4) is 67.5 Å². The first-order chi connectivity index (χ1) is 35.7. The van der Waals surface area contributed by atoms with E-state index >= 15 is 0 Å². The zero-order valence-electron chi connectivity index (χ0n) is 39.4. The summed E-state index contributed by atoms with van der Waals surface area (Å²) in [6, 6.07) is 94.8. The summed E-state index contributed by atoms with van der Waals surface area (Å²) in [6.45, 7) is 0. The summed E-state index contributed by atoms with van der Waals surface area (Å²) >= 11 is 0. The summed E-state index contributed by atoms with van der Waals surface area (Å²) in [6.07, 6.45) is 7.39. The number of anilines is 6. The lowest BCUT2D eigenvalue weighted by Crippen LogP contribution is -2.10. The molecule has 342 valence electrons. The van der Waals surface area contributed by atoms with Gasteiger partial charge in [0.15, 0.2) is 0 Å². The van der Waals surface area contributed by atoms with E-state index in [1.807, 2.05) is 24.8 Å². The van der Waals surface area contributed by atoms with Crippen molar-refractivity contribution >= 4 is 34.1 Å². The van der Waals surface area contributed by atoms with Gasteiger partial charge in [0.2, 0.25) is 0 Å². The second kappa shape index (κ2) is 19.7. The topological polar surface area (TPSA) is 42.1 Å². The highest BCUT2D eigenvalue weighted by molar-refractivity contribution is 5.83. The van der Waals surface area contributed by atoms with Crippen LogP contribution >= 0.6 is 0 Å². The lowest BCUT2D eigenvalue weighted by Gasteiger charge is -2.26. The molecule has 0 unspecified atom stereocenters. The third-order valence-electron chi connectivity index (χ3n) is 13.2. The summed E-state index contributed by atoms with van der Waals surface area (Å²) in [5.74, 6) is 0. The molecule has 0 amide bonds. The van der Waals surface area contributed by atoms with E-state index in [1.54, 1.807) is 0 Å². The highest BCUT2D eigenvalue weighted by atomic mass is 15.1. The van der Waals surface area contributed by atoms with Crippen LogP contribution in [0.5, 0.6) is 0 Å². The summed E-state index contributed by atoms with van der Waals surface area (Å²) < 4.78 is 4.69. The van der Waals surface area contributed by atoms with Gasteiger partial charge < -0.3 is 18.9 Å². The van der Waals surface area contributed by atoms with Crippen LogP contribution in [-0.2, 0) is 0 Å². The van der Waals surface area contributed by atoms with E-state index < -0.39 is 0 Å². The van der Waals surface area contributed by atoms with Crippen LogP contribution in [0.1, 0.15) is 0 Å². The van der Waals surface area contributed by atoms with Crippen LogP contribution in [0, 0.1) is 0 Å². The summed E-state index contributed by atoms with van der Waals surface area (Å²) in [5, 5.41) is 0. The minimum atomic E-state index is 1.03. The fourth-order valence-electron chi connectivity index (χ4n) is 9.75. The maximum atomic E-state index is 4.35. The van der Waals surface area contributed by atoms with E-state index in [-0.39, 0.29) is 0 Å². The molecule has 0 atom stereocenters. The van der Waals surface area contributed by atoms with Crippen LogP contribution in [0.3, 0.4) is 0 Å². The molecule has 0 aliphatic heterocycles. The monoisotopic (exact) mass is 924 g/mol. The second-order valence-corrected chi connectivity index (χ2v) is 17.6.